The Morgan fingerprint density at radius 1 is 0.611 bits per heavy atom. The van der Waals surface area contributed by atoms with Gasteiger partial charge in [-0.25, -0.2) is 4.99 Å². The minimum Gasteiger partial charge on any atom is -0.457 e. The van der Waals surface area contributed by atoms with Crippen LogP contribution in [-0.2, 0) is 0 Å². The quantitative estimate of drug-likeness (QED) is 0.179. The molecule has 3 heterocycles. The molecular weight excluding hydrogens is 665 g/mol. The topological polar surface area (TPSA) is 49.7 Å². The summed E-state index contributed by atoms with van der Waals surface area (Å²) in [4.78, 5) is 15.0. The highest BCUT2D eigenvalue weighted by Crippen LogP contribution is 2.50. The van der Waals surface area contributed by atoms with Gasteiger partial charge < -0.3 is 19.3 Å². The maximum Gasteiger partial charge on any atom is 0.156 e. The number of aliphatic imine (C=N–C) groups is 2. The van der Waals surface area contributed by atoms with E-state index in [4.69, 9.17) is 19.5 Å². The highest BCUT2D eigenvalue weighted by Gasteiger charge is 2.30. The lowest BCUT2D eigenvalue weighted by molar-refractivity contribution is 0.388. The van der Waals surface area contributed by atoms with Crippen molar-refractivity contribution < 1.29 is 9.47 Å². The molecule has 4 aliphatic rings. The predicted molar refractivity (Wildman–Crippen MR) is 218 cm³/mol. The Labute approximate surface area is 315 Å². The molecule has 0 spiro atoms. The van der Waals surface area contributed by atoms with E-state index >= 15 is 0 Å². The van der Waals surface area contributed by atoms with Gasteiger partial charge in [-0.1, -0.05) is 91.0 Å². The van der Waals surface area contributed by atoms with Gasteiger partial charge in [-0.05, 0) is 97.8 Å². The lowest BCUT2D eigenvalue weighted by Gasteiger charge is -2.35. The molecular formula is C48H36N4O2. The van der Waals surface area contributed by atoms with Crippen LogP contribution in [-0.4, -0.2) is 11.5 Å². The molecule has 6 aromatic carbocycles. The first-order valence-electron chi connectivity index (χ1n) is 18.3. The van der Waals surface area contributed by atoms with Crippen LogP contribution in [0.5, 0.6) is 17.2 Å². The number of amidine groups is 1. The minimum absolute atomic E-state index is 0.321. The number of anilines is 5. The van der Waals surface area contributed by atoms with Gasteiger partial charge in [0.15, 0.2) is 23.1 Å². The summed E-state index contributed by atoms with van der Waals surface area (Å²) in [7, 11) is 0. The van der Waals surface area contributed by atoms with Gasteiger partial charge in [0.1, 0.15) is 11.8 Å². The smallest absolute Gasteiger partial charge is 0.156 e. The molecule has 0 aromatic heterocycles. The van der Waals surface area contributed by atoms with E-state index in [9.17, 15) is 0 Å². The first kappa shape index (κ1) is 31.8. The van der Waals surface area contributed by atoms with Gasteiger partial charge in [0.05, 0.1) is 28.5 Å². The number of fused-ring (bicyclic) bond motifs is 3. The summed E-state index contributed by atoms with van der Waals surface area (Å²) in [6.07, 6.45) is 6.23. The number of para-hydroxylation sites is 6. The molecule has 0 N–H and O–H groups in total. The van der Waals surface area contributed by atoms with Gasteiger partial charge in [-0.15, -0.1) is 0 Å². The molecule has 3 aliphatic heterocycles. The molecule has 6 nitrogen and oxygen atoms in total. The predicted octanol–water partition coefficient (Wildman–Crippen LogP) is 12.2. The molecule has 0 fully saturated rings. The summed E-state index contributed by atoms with van der Waals surface area (Å²) < 4.78 is 12.6. The molecule has 6 heteroatoms. The van der Waals surface area contributed by atoms with Crippen LogP contribution in [0.2, 0.25) is 0 Å². The van der Waals surface area contributed by atoms with Crippen molar-refractivity contribution in [3.8, 4) is 17.2 Å². The summed E-state index contributed by atoms with van der Waals surface area (Å²) >= 11 is 0. The van der Waals surface area contributed by atoms with Crippen molar-refractivity contribution in [2.45, 2.75) is 25.8 Å². The summed E-state index contributed by atoms with van der Waals surface area (Å²) in [5, 5.41) is 0. The van der Waals surface area contributed by atoms with Crippen molar-refractivity contribution in [2.24, 2.45) is 9.98 Å². The van der Waals surface area contributed by atoms with Crippen molar-refractivity contribution in [2.75, 3.05) is 9.80 Å². The molecule has 6 aromatic rings. The fourth-order valence-corrected chi connectivity index (χ4v) is 7.66. The van der Waals surface area contributed by atoms with Gasteiger partial charge >= 0.3 is 0 Å². The van der Waals surface area contributed by atoms with E-state index in [1.165, 1.54) is 5.56 Å². The SMILES string of the molecule is C=C1C(c2ccc(C)cc2)=NC(c2ccc(N3C4=C(CCC=C4)Oc4ccccc43)cc2)=NC1c1ccc(N2c3ccccc3Oc3ccccc32)cc1. The summed E-state index contributed by atoms with van der Waals surface area (Å²) in [5.41, 5.74) is 12.1. The summed E-state index contributed by atoms with van der Waals surface area (Å²) in [6.45, 7) is 6.69. The van der Waals surface area contributed by atoms with Crippen molar-refractivity contribution >= 4 is 40.0 Å². The van der Waals surface area contributed by atoms with Crippen LogP contribution in [0.1, 0.15) is 41.1 Å². The van der Waals surface area contributed by atoms with Crippen LogP contribution >= 0.6 is 0 Å². The second-order valence-corrected chi connectivity index (χ2v) is 13.9. The molecule has 1 unspecified atom stereocenters. The number of hydrogen-bond donors (Lipinski definition) is 0. The van der Waals surface area contributed by atoms with E-state index in [1.807, 2.05) is 48.5 Å². The van der Waals surface area contributed by atoms with Gasteiger partial charge in [0.25, 0.3) is 0 Å². The highest BCUT2D eigenvalue weighted by atomic mass is 16.5. The Bertz CT molecular complexity index is 2530. The van der Waals surface area contributed by atoms with E-state index < -0.39 is 0 Å². The molecule has 10 rings (SSSR count). The summed E-state index contributed by atoms with van der Waals surface area (Å²) in [6, 6.07) is 49.9. The zero-order valence-corrected chi connectivity index (χ0v) is 29.8. The average molecular weight is 701 g/mol. The second-order valence-electron chi connectivity index (χ2n) is 13.9. The maximum absolute atomic E-state index is 6.34. The van der Waals surface area contributed by atoms with Crippen LogP contribution in [0.15, 0.2) is 191 Å². The van der Waals surface area contributed by atoms with Crippen molar-refractivity contribution in [1.82, 2.24) is 0 Å². The number of benzene rings is 6. The zero-order valence-electron chi connectivity index (χ0n) is 29.8. The molecule has 0 saturated carbocycles. The Hall–Kier alpha value is -6.92. The van der Waals surface area contributed by atoms with Crippen LogP contribution in [0.4, 0.5) is 28.4 Å². The molecule has 1 atom stereocenters. The normalized spacial score (nSPS) is 17.0. The summed E-state index contributed by atoms with van der Waals surface area (Å²) in [5.74, 6) is 4.19. The van der Waals surface area contributed by atoms with Gasteiger partial charge in [0.2, 0.25) is 0 Å². The third-order valence-electron chi connectivity index (χ3n) is 10.4. The largest absolute Gasteiger partial charge is 0.457 e. The van der Waals surface area contributed by atoms with Gasteiger partial charge in [-0.3, -0.25) is 4.99 Å². The van der Waals surface area contributed by atoms with Crippen LogP contribution in [0.3, 0.4) is 0 Å². The second kappa shape index (κ2) is 12.9. The van der Waals surface area contributed by atoms with Crippen LogP contribution < -0.4 is 19.3 Å². The number of rotatable bonds is 5. The van der Waals surface area contributed by atoms with E-state index in [0.717, 1.165) is 98.0 Å². The lowest BCUT2D eigenvalue weighted by Crippen LogP contribution is -2.25. The van der Waals surface area contributed by atoms with E-state index in [2.05, 4.69) is 133 Å². The standard InChI is InChI=1S/C48H36N4O2/c1-31-19-21-33(22-20-31)46-32(2)47(34-23-27-36(28-24-34)51-38-11-3-7-15-42(38)53-43-16-8-4-12-39(43)51)50-48(49-46)35-25-29-37(30-26-35)52-40-13-5-9-17-44(40)54-45-18-10-6-14-41(45)52/h3-9,11-17,19-30,47H,2,10,18H2,1H3. The highest BCUT2D eigenvalue weighted by molar-refractivity contribution is 6.21. The number of aryl methyl sites for hydroxylation is 1. The number of allylic oxidation sites excluding steroid dienone is 3. The first-order chi connectivity index (χ1) is 26.6. The Morgan fingerprint density at radius 3 is 1.83 bits per heavy atom. The number of ether oxygens (including phenoxy) is 2. The molecule has 1 aliphatic carbocycles. The molecule has 260 valence electrons. The number of hydrogen-bond acceptors (Lipinski definition) is 6. The molecule has 0 saturated heterocycles. The molecule has 0 amide bonds. The maximum atomic E-state index is 6.34. The fourth-order valence-electron chi connectivity index (χ4n) is 7.66. The Morgan fingerprint density at radius 2 is 1.17 bits per heavy atom. The van der Waals surface area contributed by atoms with E-state index in [-0.39, 0.29) is 6.04 Å². The van der Waals surface area contributed by atoms with Gasteiger partial charge in [0, 0.05) is 34.5 Å². The van der Waals surface area contributed by atoms with Gasteiger partial charge in [-0.2, -0.15) is 0 Å². The lowest BCUT2D eigenvalue weighted by atomic mass is 9.91. The van der Waals surface area contributed by atoms with E-state index in [0.29, 0.717) is 5.84 Å². The van der Waals surface area contributed by atoms with Crippen molar-refractivity contribution in [3.63, 3.8) is 0 Å². The fraction of sp³-hybridized carbons (Fsp3) is 0.0833. The molecule has 0 bridgehead atoms. The Balaban J connectivity index is 1.03. The van der Waals surface area contributed by atoms with Crippen LogP contribution in [0.25, 0.3) is 0 Å². The molecule has 54 heavy (non-hydrogen) atoms. The van der Waals surface area contributed by atoms with Crippen molar-refractivity contribution in [3.05, 3.63) is 204 Å². The zero-order chi connectivity index (χ0) is 36.2. The minimum atomic E-state index is -0.321. The third-order valence-corrected chi connectivity index (χ3v) is 10.4. The monoisotopic (exact) mass is 700 g/mol. The van der Waals surface area contributed by atoms with E-state index in [1.54, 1.807) is 0 Å². The van der Waals surface area contributed by atoms with Crippen LogP contribution in [0, 0.1) is 6.92 Å². The Kier molecular flexibility index (Phi) is 7.62. The third kappa shape index (κ3) is 5.42. The average Bonchev–Trinajstić information content (AvgIpc) is 3.22. The first-order valence-corrected chi connectivity index (χ1v) is 18.3. The number of nitrogens with zero attached hydrogens (tertiary/aromatic N) is 4. The molecule has 0 radical (unpaired) electrons. The van der Waals surface area contributed by atoms with Crippen molar-refractivity contribution in [1.29, 1.82) is 0 Å².